The third-order valence-electron chi connectivity index (χ3n) is 3.29. The maximum absolute atomic E-state index is 11.3. The summed E-state index contributed by atoms with van der Waals surface area (Å²) in [6.07, 6.45) is 2.60. The Morgan fingerprint density at radius 3 is 2.48 bits per heavy atom. The fourth-order valence-corrected chi connectivity index (χ4v) is 2.64. The number of nitrogens with zero attached hydrogens (tertiary/aromatic N) is 2. The van der Waals surface area contributed by atoms with E-state index in [0.717, 1.165) is 22.0 Å². The predicted molar refractivity (Wildman–Crippen MR) is 86.8 cm³/mol. The summed E-state index contributed by atoms with van der Waals surface area (Å²) in [5.74, 6) is 0. The first-order valence-corrected chi connectivity index (χ1v) is 7.35. The molecule has 0 fully saturated rings. The molecule has 3 nitrogen and oxygen atoms in total. The Balaban J connectivity index is 2.13. The molecule has 3 rings (SSSR count). The van der Waals surface area contributed by atoms with Crippen LogP contribution in [-0.4, -0.2) is 16.1 Å². The third-order valence-corrected chi connectivity index (χ3v) is 3.96. The van der Waals surface area contributed by atoms with Gasteiger partial charge in [-0.1, -0.05) is 42.0 Å². The molecule has 1 heterocycles. The van der Waals surface area contributed by atoms with E-state index in [1.807, 2.05) is 55.5 Å². The number of para-hydroxylation sites is 1. The van der Waals surface area contributed by atoms with Gasteiger partial charge in [-0.2, -0.15) is 5.10 Å². The van der Waals surface area contributed by atoms with Crippen LogP contribution in [0.3, 0.4) is 0 Å². The van der Waals surface area contributed by atoms with Crippen LogP contribution in [0.4, 0.5) is 0 Å². The highest BCUT2D eigenvalue weighted by Gasteiger charge is 2.12. The van der Waals surface area contributed by atoms with E-state index in [1.165, 1.54) is 5.56 Å². The molecule has 0 N–H and O–H groups in total. The van der Waals surface area contributed by atoms with E-state index in [1.54, 1.807) is 10.9 Å². The van der Waals surface area contributed by atoms with E-state index in [0.29, 0.717) is 11.3 Å². The fourth-order valence-electron chi connectivity index (χ4n) is 2.17. The SMILES string of the molecule is Cc1ccc(-c2nn(-c3ccccc3Br)cc2C=O)cc1. The van der Waals surface area contributed by atoms with Gasteiger partial charge in [0.2, 0.25) is 0 Å². The van der Waals surface area contributed by atoms with E-state index >= 15 is 0 Å². The first kappa shape index (κ1) is 13.8. The molecule has 0 aliphatic heterocycles. The summed E-state index contributed by atoms with van der Waals surface area (Å²) in [5, 5.41) is 4.57. The van der Waals surface area contributed by atoms with Gasteiger partial charge in [0.05, 0.1) is 11.3 Å². The number of aldehydes is 1. The molecule has 0 saturated heterocycles. The molecule has 3 aromatic rings. The lowest BCUT2D eigenvalue weighted by atomic mass is 10.1. The van der Waals surface area contributed by atoms with Crippen molar-refractivity contribution in [3.05, 3.63) is 70.3 Å². The topological polar surface area (TPSA) is 34.9 Å². The predicted octanol–water partition coefficient (Wildman–Crippen LogP) is 4.42. The molecule has 21 heavy (non-hydrogen) atoms. The zero-order valence-electron chi connectivity index (χ0n) is 11.5. The molecule has 1 aromatic heterocycles. The molecule has 0 bridgehead atoms. The number of hydrogen-bond acceptors (Lipinski definition) is 2. The molecule has 2 aromatic carbocycles. The second-order valence-corrected chi connectivity index (χ2v) is 5.67. The quantitative estimate of drug-likeness (QED) is 0.661. The van der Waals surface area contributed by atoms with Gasteiger partial charge < -0.3 is 0 Å². The zero-order valence-corrected chi connectivity index (χ0v) is 13.0. The molecule has 0 amide bonds. The maximum Gasteiger partial charge on any atom is 0.153 e. The minimum Gasteiger partial charge on any atom is -0.298 e. The van der Waals surface area contributed by atoms with Crippen molar-refractivity contribution < 1.29 is 4.79 Å². The van der Waals surface area contributed by atoms with E-state index in [2.05, 4.69) is 21.0 Å². The van der Waals surface area contributed by atoms with Crippen LogP contribution in [0, 0.1) is 6.92 Å². The van der Waals surface area contributed by atoms with Crippen molar-refractivity contribution in [2.24, 2.45) is 0 Å². The summed E-state index contributed by atoms with van der Waals surface area (Å²) in [7, 11) is 0. The van der Waals surface area contributed by atoms with Crippen LogP contribution in [0.15, 0.2) is 59.2 Å². The molecule has 0 aliphatic carbocycles. The summed E-state index contributed by atoms with van der Waals surface area (Å²) in [6.45, 7) is 2.03. The second kappa shape index (κ2) is 5.66. The Bertz CT molecular complexity index is 791. The highest BCUT2D eigenvalue weighted by molar-refractivity contribution is 9.10. The van der Waals surface area contributed by atoms with E-state index in [9.17, 15) is 4.79 Å². The monoisotopic (exact) mass is 340 g/mol. The van der Waals surface area contributed by atoms with E-state index in [-0.39, 0.29) is 0 Å². The molecule has 0 spiro atoms. The van der Waals surface area contributed by atoms with Crippen molar-refractivity contribution in [2.75, 3.05) is 0 Å². The smallest absolute Gasteiger partial charge is 0.153 e. The van der Waals surface area contributed by atoms with Crippen LogP contribution in [0.2, 0.25) is 0 Å². The van der Waals surface area contributed by atoms with Crippen molar-refractivity contribution in [1.29, 1.82) is 0 Å². The molecule has 4 heteroatoms. The largest absolute Gasteiger partial charge is 0.298 e. The maximum atomic E-state index is 11.3. The summed E-state index contributed by atoms with van der Waals surface area (Å²) in [4.78, 5) is 11.3. The fraction of sp³-hybridized carbons (Fsp3) is 0.0588. The summed E-state index contributed by atoms with van der Waals surface area (Å²) >= 11 is 3.51. The Kier molecular flexibility index (Phi) is 3.71. The van der Waals surface area contributed by atoms with Gasteiger partial charge in [-0.15, -0.1) is 0 Å². The van der Waals surface area contributed by atoms with Crippen LogP contribution in [0.1, 0.15) is 15.9 Å². The summed E-state index contributed by atoms with van der Waals surface area (Å²) in [6, 6.07) is 15.8. The lowest BCUT2D eigenvalue weighted by Gasteiger charge is -2.03. The normalized spacial score (nSPS) is 10.6. The molecule has 104 valence electrons. The Morgan fingerprint density at radius 1 is 1.10 bits per heavy atom. The molecule has 0 atom stereocenters. The van der Waals surface area contributed by atoms with Gasteiger partial charge in [0, 0.05) is 16.2 Å². The number of benzene rings is 2. The minimum absolute atomic E-state index is 0.578. The van der Waals surface area contributed by atoms with Crippen molar-refractivity contribution in [1.82, 2.24) is 9.78 Å². The first-order chi connectivity index (χ1) is 10.2. The number of aryl methyl sites for hydroxylation is 1. The van der Waals surface area contributed by atoms with Crippen molar-refractivity contribution in [3.8, 4) is 16.9 Å². The van der Waals surface area contributed by atoms with Gasteiger partial charge in [0.1, 0.15) is 5.69 Å². The highest BCUT2D eigenvalue weighted by Crippen LogP contribution is 2.25. The number of carbonyl (C=O) groups is 1. The van der Waals surface area contributed by atoms with Gasteiger partial charge in [0.15, 0.2) is 6.29 Å². The summed E-state index contributed by atoms with van der Waals surface area (Å²) < 4.78 is 2.66. The molecule has 0 unspecified atom stereocenters. The average molecular weight is 341 g/mol. The van der Waals surface area contributed by atoms with Gasteiger partial charge in [-0.05, 0) is 35.0 Å². The molecule has 0 saturated carbocycles. The number of hydrogen-bond donors (Lipinski definition) is 0. The van der Waals surface area contributed by atoms with Crippen LogP contribution >= 0.6 is 15.9 Å². The lowest BCUT2D eigenvalue weighted by molar-refractivity contribution is 0.112. The number of carbonyl (C=O) groups excluding carboxylic acids is 1. The lowest BCUT2D eigenvalue weighted by Crippen LogP contribution is -1.95. The van der Waals surface area contributed by atoms with Crippen molar-refractivity contribution in [3.63, 3.8) is 0 Å². The van der Waals surface area contributed by atoms with Gasteiger partial charge in [-0.25, -0.2) is 4.68 Å². The number of halogens is 1. The number of aromatic nitrogens is 2. The molecule has 0 radical (unpaired) electrons. The van der Waals surface area contributed by atoms with Gasteiger partial charge in [0.25, 0.3) is 0 Å². The molecular formula is C17H13BrN2O. The van der Waals surface area contributed by atoms with E-state index in [4.69, 9.17) is 0 Å². The molecule has 0 aliphatic rings. The standard InChI is InChI=1S/C17H13BrN2O/c1-12-6-8-13(9-7-12)17-14(11-21)10-20(19-17)16-5-3-2-4-15(16)18/h2-11H,1H3. The number of rotatable bonds is 3. The van der Waals surface area contributed by atoms with Crippen molar-refractivity contribution >= 4 is 22.2 Å². The Labute approximate surface area is 131 Å². The minimum atomic E-state index is 0.578. The first-order valence-electron chi connectivity index (χ1n) is 6.56. The average Bonchev–Trinajstić information content (AvgIpc) is 2.92. The second-order valence-electron chi connectivity index (χ2n) is 4.81. The van der Waals surface area contributed by atoms with Gasteiger partial charge in [-0.3, -0.25) is 4.79 Å². The van der Waals surface area contributed by atoms with Crippen LogP contribution < -0.4 is 0 Å². The van der Waals surface area contributed by atoms with Crippen LogP contribution in [0.25, 0.3) is 16.9 Å². The van der Waals surface area contributed by atoms with Gasteiger partial charge >= 0.3 is 0 Å². The highest BCUT2D eigenvalue weighted by atomic mass is 79.9. The van der Waals surface area contributed by atoms with Crippen LogP contribution in [-0.2, 0) is 0 Å². The third kappa shape index (κ3) is 2.67. The Hall–Kier alpha value is -2.20. The zero-order chi connectivity index (χ0) is 14.8. The molecular weight excluding hydrogens is 328 g/mol. The van der Waals surface area contributed by atoms with Crippen LogP contribution in [0.5, 0.6) is 0 Å². The summed E-state index contributed by atoms with van der Waals surface area (Å²) in [5.41, 5.74) is 4.29. The van der Waals surface area contributed by atoms with E-state index < -0.39 is 0 Å². The van der Waals surface area contributed by atoms with Crippen molar-refractivity contribution in [2.45, 2.75) is 6.92 Å². The Morgan fingerprint density at radius 2 is 1.81 bits per heavy atom.